The van der Waals surface area contributed by atoms with Crippen LogP contribution in [0.15, 0.2) is 30.3 Å². The number of ether oxygens (including phenoxy) is 2. The van der Waals surface area contributed by atoms with Crippen LogP contribution < -0.4 is 15.2 Å². The van der Waals surface area contributed by atoms with E-state index in [1.54, 1.807) is 0 Å². The van der Waals surface area contributed by atoms with E-state index in [-0.39, 0.29) is 0 Å². The number of hydrogen-bond donors (Lipinski definition) is 2. The van der Waals surface area contributed by atoms with Crippen LogP contribution in [0.2, 0.25) is 0 Å². The quantitative estimate of drug-likeness (QED) is 0.761. The largest absolute Gasteiger partial charge is 0.490 e. The number of benzene rings is 1. The number of rotatable bonds is 6. The Balaban J connectivity index is 1.71. The van der Waals surface area contributed by atoms with Crippen molar-refractivity contribution in [2.75, 3.05) is 13.2 Å². The summed E-state index contributed by atoms with van der Waals surface area (Å²) in [7, 11) is 0. The fraction of sp³-hybridized carbons (Fsp3) is 0.308. The van der Waals surface area contributed by atoms with Gasteiger partial charge in [0, 0.05) is 18.3 Å². The number of aryl methyl sites for hydroxylation is 1. The Labute approximate surface area is 106 Å². The third kappa shape index (κ3) is 3.49. The summed E-state index contributed by atoms with van der Waals surface area (Å²) in [5, 5.41) is 6.78. The van der Waals surface area contributed by atoms with Gasteiger partial charge in [-0.25, -0.2) is 0 Å². The molecule has 0 aliphatic rings. The smallest absolute Gasteiger partial charge is 0.232 e. The first-order valence-corrected chi connectivity index (χ1v) is 5.84. The van der Waals surface area contributed by atoms with E-state index in [9.17, 15) is 0 Å². The molecular weight excluding hydrogens is 230 g/mol. The summed E-state index contributed by atoms with van der Waals surface area (Å²) in [6.07, 6.45) is 0. The average Bonchev–Trinajstić information content (AvgIpc) is 2.81. The van der Waals surface area contributed by atoms with Crippen LogP contribution in [-0.4, -0.2) is 23.4 Å². The summed E-state index contributed by atoms with van der Waals surface area (Å²) >= 11 is 0. The number of hydrogen-bond acceptors (Lipinski definition) is 4. The highest BCUT2D eigenvalue weighted by Crippen LogP contribution is 2.12. The van der Waals surface area contributed by atoms with E-state index in [1.807, 2.05) is 37.3 Å². The Kier molecular flexibility index (Phi) is 4.20. The van der Waals surface area contributed by atoms with Crippen LogP contribution in [0, 0.1) is 6.92 Å². The molecule has 0 aliphatic carbocycles. The first-order chi connectivity index (χ1) is 8.78. The first-order valence-electron chi connectivity index (χ1n) is 5.84. The molecule has 2 aromatic rings. The second-order valence-electron chi connectivity index (χ2n) is 3.93. The Hall–Kier alpha value is -2.01. The van der Waals surface area contributed by atoms with Gasteiger partial charge in [-0.15, -0.1) is 5.10 Å². The van der Waals surface area contributed by atoms with Crippen LogP contribution in [0.1, 0.15) is 11.3 Å². The lowest BCUT2D eigenvalue weighted by Crippen LogP contribution is -2.09. The lowest BCUT2D eigenvalue weighted by Gasteiger charge is -2.07. The van der Waals surface area contributed by atoms with Crippen LogP contribution in [0.4, 0.5) is 0 Å². The molecule has 0 bridgehead atoms. The Morgan fingerprint density at radius 3 is 2.50 bits per heavy atom. The third-order valence-electron chi connectivity index (χ3n) is 2.44. The van der Waals surface area contributed by atoms with Crippen LogP contribution in [-0.2, 0) is 6.54 Å². The predicted octanol–water partition coefficient (Wildman–Crippen LogP) is 1.63. The van der Waals surface area contributed by atoms with Gasteiger partial charge in [0.1, 0.15) is 19.0 Å². The van der Waals surface area contributed by atoms with Gasteiger partial charge >= 0.3 is 0 Å². The van der Waals surface area contributed by atoms with Gasteiger partial charge in [-0.2, -0.15) is 0 Å². The molecular formula is C13H17N3O2. The van der Waals surface area contributed by atoms with E-state index in [1.165, 1.54) is 0 Å². The molecule has 0 unspecified atom stereocenters. The Morgan fingerprint density at radius 2 is 1.89 bits per heavy atom. The lowest BCUT2D eigenvalue weighted by molar-refractivity contribution is 0.212. The Bertz CT molecular complexity index is 479. The van der Waals surface area contributed by atoms with Crippen molar-refractivity contribution in [3.63, 3.8) is 0 Å². The zero-order valence-electron chi connectivity index (χ0n) is 10.3. The minimum Gasteiger partial charge on any atom is -0.490 e. The first kappa shape index (κ1) is 12.4. The van der Waals surface area contributed by atoms with Crippen LogP contribution >= 0.6 is 0 Å². The van der Waals surface area contributed by atoms with Gasteiger partial charge in [-0.3, -0.25) is 5.10 Å². The van der Waals surface area contributed by atoms with E-state index < -0.39 is 0 Å². The van der Waals surface area contributed by atoms with Crippen molar-refractivity contribution in [1.29, 1.82) is 0 Å². The van der Waals surface area contributed by atoms with Crippen molar-refractivity contribution in [2.24, 2.45) is 5.73 Å². The van der Waals surface area contributed by atoms with Crippen molar-refractivity contribution in [1.82, 2.24) is 10.2 Å². The lowest BCUT2D eigenvalue weighted by atomic mass is 10.2. The van der Waals surface area contributed by atoms with Crippen LogP contribution in [0.3, 0.4) is 0 Å². The molecule has 0 fully saturated rings. The molecule has 0 atom stereocenters. The minimum atomic E-state index is 0.461. The molecule has 18 heavy (non-hydrogen) atoms. The molecule has 96 valence electrons. The monoisotopic (exact) mass is 247 g/mol. The molecule has 3 N–H and O–H groups in total. The average molecular weight is 247 g/mol. The SMILES string of the molecule is Cc1cc(OCCOc2ccc(CN)cc2)n[nH]1. The zero-order chi connectivity index (χ0) is 12.8. The van der Waals surface area contributed by atoms with Crippen molar-refractivity contribution >= 4 is 0 Å². The van der Waals surface area contributed by atoms with Gasteiger partial charge < -0.3 is 15.2 Å². The summed E-state index contributed by atoms with van der Waals surface area (Å²) in [5.74, 6) is 1.41. The highest BCUT2D eigenvalue weighted by Gasteiger charge is 1.99. The van der Waals surface area contributed by atoms with Crippen molar-refractivity contribution in [2.45, 2.75) is 13.5 Å². The van der Waals surface area contributed by atoms with E-state index >= 15 is 0 Å². The third-order valence-corrected chi connectivity index (χ3v) is 2.44. The fourth-order valence-electron chi connectivity index (χ4n) is 1.49. The molecule has 5 heteroatoms. The molecule has 1 heterocycles. The van der Waals surface area contributed by atoms with Gasteiger partial charge in [-0.1, -0.05) is 12.1 Å². The summed E-state index contributed by atoms with van der Waals surface area (Å²) in [6.45, 7) is 3.41. The summed E-state index contributed by atoms with van der Waals surface area (Å²) in [4.78, 5) is 0. The van der Waals surface area contributed by atoms with Gasteiger partial charge in [-0.05, 0) is 24.6 Å². The topological polar surface area (TPSA) is 73.2 Å². The predicted molar refractivity (Wildman–Crippen MR) is 68.6 cm³/mol. The summed E-state index contributed by atoms with van der Waals surface area (Å²) in [6, 6.07) is 9.55. The van der Waals surface area contributed by atoms with Crippen molar-refractivity contribution in [3.8, 4) is 11.6 Å². The van der Waals surface area contributed by atoms with Crippen LogP contribution in [0.25, 0.3) is 0 Å². The molecule has 0 radical (unpaired) electrons. The standard InChI is InChI=1S/C13H17N3O2/c1-10-8-13(16-15-10)18-7-6-17-12-4-2-11(9-14)3-5-12/h2-5,8H,6-7,9,14H2,1H3,(H,15,16). The van der Waals surface area contributed by atoms with Gasteiger partial charge in [0.05, 0.1) is 0 Å². The summed E-state index contributed by atoms with van der Waals surface area (Å²) < 4.78 is 10.9. The van der Waals surface area contributed by atoms with E-state index in [0.29, 0.717) is 25.6 Å². The zero-order valence-corrected chi connectivity index (χ0v) is 10.3. The maximum Gasteiger partial charge on any atom is 0.232 e. The van der Waals surface area contributed by atoms with E-state index in [0.717, 1.165) is 17.0 Å². The van der Waals surface area contributed by atoms with Gasteiger partial charge in [0.15, 0.2) is 0 Å². The Morgan fingerprint density at radius 1 is 1.17 bits per heavy atom. The fourth-order valence-corrected chi connectivity index (χ4v) is 1.49. The molecule has 0 saturated carbocycles. The molecule has 0 saturated heterocycles. The molecule has 1 aromatic heterocycles. The molecule has 0 aliphatic heterocycles. The molecule has 0 spiro atoms. The van der Waals surface area contributed by atoms with Gasteiger partial charge in [0.25, 0.3) is 0 Å². The second kappa shape index (κ2) is 6.07. The molecule has 1 aromatic carbocycles. The van der Waals surface area contributed by atoms with Gasteiger partial charge in [0.2, 0.25) is 5.88 Å². The normalized spacial score (nSPS) is 10.3. The molecule has 0 amide bonds. The van der Waals surface area contributed by atoms with Crippen LogP contribution in [0.5, 0.6) is 11.6 Å². The van der Waals surface area contributed by atoms with Crippen molar-refractivity contribution in [3.05, 3.63) is 41.6 Å². The van der Waals surface area contributed by atoms with E-state index in [4.69, 9.17) is 15.2 Å². The highest BCUT2D eigenvalue weighted by molar-refractivity contribution is 5.27. The van der Waals surface area contributed by atoms with E-state index in [2.05, 4.69) is 10.2 Å². The number of aromatic nitrogens is 2. The minimum absolute atomic E-state index is 0.461. The molecule has 2 rings (SSSR count). The highest BCUT2D eigenvalue weighted by atomic mass is 16.5. The number of nitrogens with zero attached hydrogens (tertiary/aromatic N) is 1. The molecule has 5 nitrogen and oxygen atoms in total. The maximum absolute atomic E-state index is 5.53. The summed E-state index contributed by atoms with van der Waals surface area (Å²) in [5.41, 5.74) is 7.58. The number of aromatic amines is 1. The number of H-pyrrole nitrogens is 1. The maximum atomic E-state index is 5.53. The number of nitrogens with two attached hydrogens (primary N) is 1. The second-order valence-corrected chi connectivity index (χ2v) is 3.93. The number of nitrogens with one attached hydrogen (secondary N) is 1. The van der Waals surface area contributed by atoms with Crippen molar-refractivity contribution < 1.29 is 9.47 Å².